The molecule has 0 aliphatic carbocycles. The van der Waals surface area contributed by atoms with E-state index in [0.29, 0.717) is 19.0 Å². The van der Waals surface area contributed by atoms with Crippen LogP contribution in [-0.4, -0.2) is 33.8 Å². The minimum Gasteiger partial charge on any atom is -0.497 e. The zero-order chi connectivity index (χ0) is 20.6. The van der Waals surface area contributed by atoms with Crippen molar-refractivity contribution in [2.75, 3.05) is 27.9 Å². The summed E-state index contributed by atoms with van der Waals surface area (Å²) < 4.78 is 15.9. The maximum atomic E-state index is 6.02. The first-order valence-corrected chi connectivity index (χ1v) is 9.44. The van der Waals surface area contributed by atoms with E-state index < -0.39 is 0 Å². The van der Waals surface area contributed by atoms with E-state index in [1.54, 1.807) is 21.3 Å². The number of methoxy groups -OCH3 is 3. The predicted molar refractivity (Wildman–Crippen MR) is 117 cm³/mol. The van der Waals surface area contributed by atoms with E-state index in [1.807, 2.05) is 36.4 Å². The van der Waals surface area contributed by atoms with Crippen LogP contribution in [0.4, 0.5) is 0 Å². The van der Waals surface area contributed by atoms with E-state index in [9.17, 15) is 0 Å². The van der Waals surface area contributed by atoms with Crippen LogP contribution in [0.25, 0.3) is 10.8 Å². The molecule has 6 heteroatoms. The van der Waals surface area contributed by atoms with Crippen molar-refractivity contribution in [3.8, 4) is 17.2 Å². The third kappa shape index (κ3) is 5.31. The molecule has 0 atom stereocenters. The van der Waals surface area contributed by atoms with Crippen LogP contribution in [0, 0.1) is 0 Å². The van der Waals surface area contributed by atoms with Crippen molar-refractivity contribution in [2.45, 2.75) is 13.0 Å². The number of guanidine groups is 1. The molecule has 0 aliphatic heterocycles. The third-order valence-electron chi connectivity index (χ3n) is 4.71. The molecule has 0 saturated carbocycles. The van der Waals surface area contributed by atoms with E-state index in [0.717, 1.165) is 45.6 Å². The smallest absolute Gasteiger partial charge is 0.188 e. The third-order valence-corrected chi connectivity index (χ3v) is 4.71. The number of nitrogens with two attached hydrogens (primary N) is 1. The highest BCUT2D eigenvalue weighted by Gasteiger charge is 2.04. The standard InChI is InChI=1S/C23H27N3O3/c1-27-20-8-7-18-12-17(4-6-19(18)14-20)15-26-23(24)25-11-10-16-5-9-21(28-2)22(13-16)29-3/h4-9,12-14H,10-11,15H2,1-3H3,(H3,24,25,26). The second-order valence-electron chi connectivity index (χ2n) is 6.62. The highest BCUT2D eigenvalue weighted by Crippen LogP contribution is 2.27. The normalized spacial score (nSPS) is 11.3. The van der Waals surface area contributed by atoms with Crippen molar-refractivity contribution in [1.29, 1.82) is 0 Å². The van der Waals surface area contributed by atoms with Gasteiger partial charge in [0.15, 0.2) is 17.5 Å². The number of hydrogen-bond donors (Lipinski definition) is 2. The van der Waals surface area contributed by atoms with Gasteiger partial charge in [0.1, 0.15) is 5.75 Å². The van der Waals surface area contributed by atoms with Gasteiger partial charge in [0.05, 0.1) is 27.9 Å². The molecule has 152 valence electrons. The number of nitrogens with one attached hydrogen (secondary N) is 1. The summed E-state index contributed by atoms with van der Waals surface area (Å²) in [5.74, 6) is 2.73. The van der Waals surface area contributed by atoms with Crippen molar-refractivity contribution in [2.24, 2.45) is 10.7 Å². The summed E-state index contributed by atoms with van der Waals surface area (Å²) in [5, 5.41) is 5.45. The fraction of sp³-hybridized carbons (Fsp3) is 0.261. The van der Waals surface area contributed by atoms with Crippen molar-refractivity contribution in [3.63, 3.8) is 0 Å². The summed E-state index contributed by atoms with van der Waals surface area (Å²) in [6, 6.07) is 18.2. The van der Waals surface area contributed by atoms with Gasteiger partial charge in [-0.3, -0.25) is 0 Å². The first kappa shape index (κ1) is 20.3. The first-order chi connectivity index (χ1) is 14.1. The van der Waals surface area contributed by atoms with Crippen LogP contribution in [0.3, 0.4) is 0 Å². The summed E-state index contributed by atoms with van der Waals surface area (Å²) in [5.41, 5.74) is 8.25. The minimum absolute atomic E-state index is 0.431. The molecule has 0 saturated heterocycles. The maximum Gasteiger partial charge on any atom is 0.188 e. The van der Waals surface area contributed by atoms with Crippen molar-refractivity contribution < 1.29 is 14.2 Å². The Morgan fingerprint density at radius 1 is 0.828 bits per heavy atom. The molecule has 0 unspecified atom stereocenters. The molecule has 29 heavy (non-hydrogen) atoms. The van der Waals surface area contributed by atoms with Gasteiger partial charge in [-0.1, -0.05) is 24.3 Å². The van der Waals surface area contributed by atoms with Gasteiger partial charge in [0.2, 0.25) is 0 Å². The van der Waals surface area contributed by atoms with Gasteiger partial charge in [0, 0.05) is 6.54 Å². The number of benzene rings is 3. The van der Waals surface area contributed by atoms with E-state index in [4.69, 9.17) is 19.9 Å². The zero-order valence-electron chi connectivity index (χ0n) is 17.1. The number of ether oxygens (including phenoxy) is 3. The molecule has 6 nitrogen and oxygen atoms in total. The Balaban J connectivity index is 1.54. The molecule has 0 heterocycles. The molecule has 0 aliphatic rings. The molecule has 0 spiro atoms. The molecule has 0 fully saturated rings. The molecule has 0 radical (unpaired) electrons. The highest BCUT2D eigenvalue weighted by molar-refractivity contribution is 5.84. The lowest BCUT2D eigenvalue weighted by Crippen LogP contribution is -2.33. The molecule has 0 bridgehead atoms. The van der Waals surface area contributed by atoms with Crippen molar-refractivity contribution >= 4 is 16.7 Å². The molecule has 3 rings (SSSR count). The second-order valence-corrected chi connectivity index (χ2v) is 6.62. The van der Waals surface area contributed by atoms with Gasteiger partial charge in [-0.2, -0.15) is 0 Å². The number of hydrogen-bond acceptors (Lipinski definition) is 4. The average Bonchev–Trinajstić information content (AvgIpc) is 2.77. The number of nitrogens with zero attached hydrogens (tertiary/aromatic N) is 1. The Labute approximate surface area is 171 Å². The molecule has 3 N–H and O–H groups in total. The number of rotatable bonds is 8. The Morgan fingerprint density at radius 3 is 2.31 bits per heavy atom. The molecule has 0 amide bonds. The van der Waals surface area contributed by atoms with E-state index in [-0.39, 0.29) is 0 Å². The van der Waals surface area contributed by atoms with Crippen LogP contribution >= 0.6 is 0 Å². The number of aliphatic imine (C=N–C) groups is 1. The van der Waals surface area contributed by atoms with E-state index >= 15 is 0 Å². The molecular formula is C23H27N3O3. The van der Waals surface area contributed by atoms with Gasteiger partial charge in [-0.15, -0.1) is 0 Å². The first-order valence-electron chi connectivity index (χ1n) is 9.44. The lowest BCUT2D eigenvalue weighted by Gasteiger charge is -2.10. The largest absolute Gasteiger partial charge is 0.497 e. The van der Waals surface area contributed by atoms with Gasteiger partial charge < -0.3 is 25.3 Å². The summed E-state index contributed by atoms with van der Waals surface area (Å²) in [4.78, 5) is 4.44. The summed E-state index contributed by atoms with van der Waals surface area (Å²) in [6.07, 6.45) is 0.800. The Morgan fingerprint density at radius 2 is 1.55 bits per heavy atom. The highest BCUT2D eigenvalue weighted by atomic mass is 16.5. The predicted octanol–water partition coefficient (Wildman–Crippen LogP) is 3.51. The van der Waals surface area contributed by atoms with Gasteiger partial charge in [0.25, 0.3) is 0 Å². The summed E-state index contributed by atoms with van der Waals surface area (Å²) >= 11 is 0. The Hall–Kier alpha value is -3.41. The van der Waals surface area contributed by atoms with Crippen LogP contribution in [0.2, 0.25) is 0 Å². The van der Waals surface area contributed by atoms with Crippen LogP contribution in [-0.2, 0) is 13.0 Å². The average molecular weight is 393 g/mol. The second kappa shape index (κ2) is 9.68. The van der Waals surface area contributed by atoms with Crippen LogP contribution in [0.1, 0.15) is 11.1 Å². The topological polar surface area (TPSA) is 78.1 Å². The van der Waals surface area contributed by atoms with Gasteiger partial charge >= 0.3 is 0 Å². The molecule has 3 aromatic carbocycles. The zero-order valence-corrected chi connectivity index (χ0v) is 17.1. The van der Waals surface area contributed by atoms with Crippen LogP contribution in [0.5, 0.6) is 17.2 Å². The quantitative estimate of drug-likeness (QED) is 0.452. The van der Waals surface area contributed by atoms with Gasteiger partial charge in [-0.05, 0) is 58.7 Å². The Kier molecular flexibility index (Phi) is 6.79. The van der Waals surface area contributed by atoms with Crippen molar-refractivity contribution in [1.82, 2.24) is 5.32 Å². The van der Waals surface area contributed by atoms with Crippen molar-refractivity contribution in [3.05, 3.63) is 65.7 Å². The van der Waals surface area contributed by atoms with Crippen LogP contribution < -0.4 is 25.3 Å². The summed E-state index contributed by atoms with van der Waals surface area (Å²) in [7, 11) is 4.93. The SMILES string of the molecule is COc1ccc2cc(CN=C(N)NCCc3ccc(OC)c(OC)c3)ccc2c1. The van der Waals surface area contributed by atoms with Gasteiger partial charge in [-0.25, -0.2) is 4.99 Å². The van der Waals surface area contributed by atoms with Crippen LogP contribution in [0.15, 0.2) is 59.6 Å². The molecular weight excluding hydrogens is 366 g/mol. The monoisotopic (exact) mass is 393 g/mol. The molecule has 3 aromatic rings. The Bertz CT molecular complexity index is 1000. The summed E-state index contributed by atoms with van der Waals surface area (Å²) in [6.45, 7) is 1.21. The lowest BCUT2D eigenvalue weighted by atomic mass is 10.1. The minimum atomic E-state index is 0.431. The molecule has 0 aromatic heterocycles. The fourth-order valence-corrected chi connectivity index (χ4v) is 3.10. The van der Waals surface area contributed by atoms with E-state index in [2.05, 4.69) is 28.5 Å². The number of fused-ring (bicyclic) bond motifs is 1. The fourth-order valence-electron chi connectivity index (χ4n) is 3.10. The van der Waals surface area contributed by atoms with E-state index in [1.165, 1.54) is 0 Å². The maximum absolute atomic E-state index is 6.02. The lowest BCUT2D eigenvalue weighted by molar-refractivity contribution is 0.354.